The molecule has 1 aromatic carbocycles. The standard InChI is InChI=1S/C23H24ClN7O3/c1-4-26-23(32)30-22-29-17-11-20(28-15-5-7-25-8-6-15)27-12-14(17)13-31(22)18-9-16(33-2)10-19(34-3)21(18)24/h5-12H,4,13H2,1-3H3,(H,25,27,28)(H2,26,29,30,32). The minimum absolute atomic E-state index is 0.303. The number of methoxy groups -OCH3 is 2. The number of urea groups is 1. The molecule has 0 fully saturated rings. The molecule has 3 heterocycles. The van der Waals surface area contributed by atoms with Crippen LogP contribution in [-0.2, 0) is 6.54 Å². The number of guanidine groups is 1. The fourth-order valence-electron chi connectivity index (χ4n) is 3.39. The van der Waals surface area contributed by atoms with Crippen LogP contribution in [0, 0.1) is 0 Å². The Morgan fingerprint density at radius 1 is 1.18 bits per heavy atom. The topological polar surface area (TPSA) is 113 Å². The summed E-state index contributed by atoms with van der Waals surface area (Å²) in [7, 11) is 3.08. The average Bonchev–Trinajstić information content (AvgIpc) is 2.84. The molecule has 0 bridgehead atoms. The monoisotopic (exact) mass is 481 g/mol. The summed E-state index contributed by atoms with van der Waals surface area (Å²) in [5, 5.41) is 9.13. The number of hydrogen-bond acceptors (Lipinski definition) is 8. The number of aliphatic imine (C=N–C) groups is 1. The van der Waals surface area contributed by atoms with Crippen LogP contribution in [0.4, 0.5) is 27.7 Å². The second-order valence-electron chi connectivity index (χ2n) is 7.23. The van der Waals surface area contributed by atoms with Crippen molar-refractivity contribution in [3.8, 4) is 11.5 Å². The van der Waals surface area contributed by atoms with Gasteiger partial charge in [-0.1, -0.05) is 11.6 Å². The molecule has 3 aromatic rings. The van der Waals surface area contributed by atoms with Gasteiger partial charge < -0.3 is 25.0 Å². The molecule has 0 atom stereocenters. The lowest BCUT2D eigenvalue weighted by Crippen LogP contribution is -2.49. The van der Waals surface area contributed by atoms with Gasteiger partial charge in [-0.3, -0.25) is 10.3 Å². The number of fused-ring (bicyclic) bond motifs is 1. The molecule has 10 nitrogen and oxygen atoms in total. The Balaban J connectivity index is 1.74. The number of pyridine rings is 2. The van der Waals surface area contributed by atoms with E-state index >= 15 is 0 Å². The molecule has 0 saturated heterocycles. The highest BCUT2D eigenvalue weighted by Crippen LogP contribution is 2.41. The van der Waals surface area contributed by atoms with Gasteiger partial charge in [-0.2, -0.15) is 0 Å². The molecule has 0 aliphatic carbocycles. The first-order valence-electron chi connectivity index (χ1n) is 10.5. The third-order valence-corrected chi connectivity index (χ3v) is 5.41. The maximum atomic E-state index is 12.4. The third-order valence-electron chi connectivity index (χ3n) is 5.03. The normalized spacial score (nSPS) is 12.4. The number of carbonyl (C=O) groups is 1. The van der Waals surface area contributed by atoms with Crippen LogP contribution in [0.1, 0.15) is 12.5 Å². The highest BCUT2D eigenvalue weighted by atomic mass is 35.5. The van der Waals surface area contributed by atoms with Crippen LogP contribution in [0.2, 0.25) is 5.02 Å². The second-order valence-corrected chi connectivity index (χ2v) is 7.61. The van der Waals surface area contributed by atoms with Crippen molar-refractivity contribution in [2.24, 2.45) is 4.99 Å². The predicted molar refractivity (Wildman–Crippen MR) is 132 cm³/mol. The lowest BCUT2D eigenvalue weighted by Gasteiger charge is -2.31. The summed E-state index contributed by atoms with van der Waals surface area (Å²) in [6, 6.07) is 8.57. The number of anilines is 3. The third kappa shape index (κ3) is 4.96. The van der Waals surface area contributed by atoms with Gasteiger partial charge in [0.25, 0.3) is 0 Å². The van der Waals surface area contributed by atoms with Crippen molar-refractivity contribution in [1.29, 1.82) is 0 Å². The Kier molecular flexibility index (Phi) is 6.98. The summed E-state index contributed by atoms with van der Waals surface area (Å²) in [6.45, 7) is 2.66. The first-order valence-corrected chi connectivity index (χ1v) is 10.9. The number of nitrogens with one attached hydrogen (secondary N) is 3. The first-order chi connectivity index (χ1) is 16.5. The maximum absolute atomic E-state index is 12.4. The van der Waals surface area contributed by atoms with E-state index in [-0.39, 0.29) is 6.03 Å². The Bertz CT molecular complexity index is 1220. The molecule has 1 aliphatic heterocycles. The molecule has 2 amide bonds. The quantitative estimate of drug-likeness (QED) is 0.483. The van der Waals surface area contributed by atoms with E-state index in [4.69, 9.17) is 26.1 Å². The fraction of sp³-hybridized carbons (Fsp3) is 0.217. The highest BCUT2D eigenvalue weighted by molar-refractivity contribution is 6.35. The summed E-state index contributed by atoms with van der Waals surface area (Å²) in [4.78, 5) is 27.4. The van der Waals surface area contributed by atoms with Crippen molar-refractivity contribution < 1.29 is 14.3 Å². The lowest BCUT2D eigenvalue weighted by atomic mass is 10.1. The second kappa shape index (κ2) is 10.3. The van der Waals surface area contributed by atoms with Crippen LogP contribution in [0.15, 0.2) is 53.9 Å². The van der Waals surface area contributed by atoms with E-state index in [0.717, 1.165) is 11.3 Å². The molecular weight excluding hydrogens is 458 g/mol. The highest BCUT2D eigenvalue weighted by Gasteiger charge is 2.27. The van der Waals surface area contributed by atoms with Gasteiger partial charge in [-0.05, 0) is 19.1 Å². The summed E-state index contributed by atoms with van der Waals surface area (Å²) in [6.07, 6.45) is 5.12. The SMILES string of the molecule is CCNC(=O)NC1=Nc2cc(Nc3ccncc3)ncc2CN1c1cc(OC)cc(OC)c1Cl. The van der Waals surface area contributed by atoms with E-state index in [9.17, 15) is 4.79 Å². The van der Waals surface area contributed by atoms with Crippen molar-refractivity contribution in [2.75, 3.05) is 31.0 Å². The maximum Gasteiger partial charge on any atom is 0.321 e. The van der Waals surface area contributed by atoms with Crippen LogP contribution in [0.5, 0.6) is 11.5 Å². The molecule has 176 valence electrons. The predicted octanol–water partition coefficient (Wildman–Crippen LogP) is 4.22. The summed E-state index contributed by atoms with van der Waals surface area (Å²) < 4.78 is 10.8. The number of rotatable bonds is 6. The summed E-state index contributed by atoms with van der Waals surface area (Å²) >= 11 is 6.64. The molecule has 1 aliphatic rings. The van der Waals surface area contributed by atoms with Gasteiger partial charge in [0, 0.05) is 54.6 Å². The van der Waals surface area contributed by atoms with Gasteiger partial charge in [0.15, 0.2) is 0 Å². The van der Waals surface area contributed by atoms with Crippen molar-refractivity contribution in [2.45, 2.75) is 13.5 Å². The molecule has 0 unspecified atom stereocenters. The van der Waals surface area contributed by atoms with Crippen LogP contribution in [0.25, 0.3) is 0 Å². The number of halogens is 1. The smallest absolute Gasteiger partial charge is 0.321 e. The Morgan fingerprint density at radius 2 is 1.97 bits per heavy atom. The number of aromatic nitrogens is 2. The zero-order chi connectivity index (χ0) is 24.1. The molecule has 11 heteroatoms. The van der Waals surface area contributed by atoms with Crippen molar-refractivity contribution in [3.05, 3.63) is 59.5 Å². The van der Waals surface area contributed by atoms with Gasteiger partial charge in [-0.25, -0.2) is 14.8 Å². The number of amides is 2. The number of benzene rings is 1. The van der Waals surface area contributed by atoms with Crippen LogP contribution in [0.3, 0.4) is 0 Å². The van der Waals surface area contributed by atoms with E-state index in [0.29, 0.717) is 52.8 Å². The zero-order valence-electron chi connectivity index (χ0n) is 18.9. The van der Waals surface area contributed by atoms with E-state index < -0.39 is 0 Å². The number of carbonyl (C=O) groups excluding carboxylic acids is 1. The Labute approximate surface area is 202 Å². The van der Waals surface area contributed by atoms with E-state index in [1.165, 1.54) is 7.11 Å². The minimum Gasteiger partial charge on any atom is -0.497 e. The van der Waals surface area contributed by atoms with Crippen LogP contribution < -0.4 is 30.3 Å². The van der Waals surface area contributed by atoms with Gasteiger partial charge >= 0.3 is 6.03 Å². The average molecular weight is 482 g/mol. The van der Waals surface area contributed by atoms with Gasteiger partial charge in [0.2, 0.25) is 5.96 Å². The molecule has 0 saturated carbocycles. The molecule has 3 N–H and O–H groups in total. The van der Waals surface area contributed by atoms with Crippen LogP contribution in [-0.4, -0.2) is 42.7 Å². The number of ether oxygens (including phenoxy) is 2. The number of nitrogens with zero attached hydrogens (tertiary/aromatic N) is 4. The van der Waals surface area contributed by atoms with Crippen molar-refractivity contribution in [1.82, 2.24) is 20.6 Å². The molecule has 4 rings (SSSR count). The minimum atomic E-state index is -0.384. The molecule has 34 heavy (non-hydrogen) atoms. The fourth-order valence-corrected chi connectivity index (χ4v) is 3.68. The molecule has 0 spiro atoms. The van der Waals surface area contributed by atoms with Gasteiger partial charge in [-0.15, -0.1) is 0 Å². The van der Waals surface area contributed by atoms with E-state index in [1.54, 1.807) is 42.7 Å². The molecule has 2 aromatic heterocycles. The summed E-state index contributed by atoms with van der Waals surface area (Å²) in [5.41, 5.74) is 2.93. The van der Waals surface area contributed by atoms with Gasteiger partial charge in [0.1, 0.15) is 22.3 Å². The van der Waals surface area contributed by atoms with Crippen molar-refractivity contribution >= 4 is 46.5 Å². The van der Waals surface area contributed by atoms with E-state index in [1.807, 2.05) is 25.1 Å². The zero-order valence-corrected chi connectivity index (χ0v) is 19.7. The van der Waals surface area contributed by atoms with E-state index in [2.05, 4.69) is 25.9 Å². The Morgan fingerprint density at radius 3 is 2.68 bits per heavy atom. The first kappa shape index (κ1) is 23.1. The number of hydrogen-bond donors (Lipinski definition) is 3. The van der Waals surface area contributed by atoms with Gasteiger partial charge in [0.05, 0.1) is 32.1 Å². The lowest BCUT2D eigenvalue weighted by molar-refractivity contribution is 0.245. The van der Waals surface area contributed by atoms with Crippen molar-refractivity contribution in [3.63, 3.8) is 0 Å². The summed E-state index contributed by atoms with van der Waals surface area (Å²) in [5.74, 6) is 1.90. The van der Waals surface area contributed by atoms with Crippen LogP contribution >= 0.6 is 11.6 Å². The largest absolute Gasteiger partial charge is 0.497 e. The Hall–Kier alpha value is -4.05. The molecular formula is C23H24ClN7O3. The molecule has 0 radical (unpaired) electrons.